The maximum Gasteiger partial charge on any atom is 0.0849 e. The lowest BCUT2D eigenvalue weighted by atomic mass is 10.1. The molecule has 0 aliphatic heterocycles. The molecule has 96 valence electrons. The molecule has 0 aliphatic rings. The molecule has 0 radical (unpaired) electrons. The average molecular weight is 326 g/mol. The molecule has 1 aromatic heterocycles. The second-order valence-corrected chi connectivity index (χ2v) is 6.33. The highest BCUT2D eigenvalue weighted by molar-refractivity contribution is 9.10. The summed E-state index contributed by atoms with van der Waals surface area (Å²) in [6.07, 6.45) is 1.20. The van der Waals surface area contributed by atoms with Crippen LogP contribution >= 0.6 is 27.3 Å². The molecule has 2 aromatic rings. The fraction of sp³-hybridized carbons (Fsp3) is 0.286. The van der Waals surface area contributed by atoms with Crippen molar-refractivity contribution >= 4 is 33.0 Å². The minimum Gasteiger partial charge on any atom is -0.399 e. The summed E-state index contributed by atoms with van der Waals surface area (Å²) >= 11 is 5.21. The van der Waals surface area contributed by atoms with Gasteiger partial charge in [0, 0.05) is 26.3 Å². The molecule has 2 rings (SSSR count). The molecular formula is C14H16BrNOS. The van der Waals surface area contributed by atoms with Crippen LogP contribution in [-0.2, 0) is 12.8 Å². The van der Waals surface area contributed by atoms with Gasteiger partial charge in [-0.25, -0.2) is 0 Å². The number of nitrogen functional groups attached to an aromatic ring is 1. The quantitative estimate of drug-likeness (QED) is 0.836. The van der Waals surface area contributed by atoms with Crippen LogP contribution < -0.4 is 5.73 Å². The highest BCUT2D eigenvalue weighted by Crippen LogP contribution is 2.29. The fourth-order valence-corrected chi connectivity index (χ4v) is 3.49. The van der Waals surface area contributed by atoms with E-state index in [1.807, 2.05) is 18.2 Å². The van der Waals surface area contributed by atoms with Gasteiger partial charge in [-0.3, -0.25) is 0 Å². The van der Waals surface area contributed by atoms with Gasteiger partial charge in [0.2, 0.25) is 0 Å². The second-order valence-electron chi connectivity index (χ2n) is 4.22. The maximum absolute atomic E-state index is 10.3. The van der Waals surface area contributed by atoms with Crippen molar-refractivity contribution in [2.24, 2.45) is 0 Å². The van der Waals surface area contributed by atoms with Crippen LogP contribution in [0.25, 0.3) is 0 Å². The molecule has 0 saturated heterocycles. The van der Waals surface area contributed by atoms with E-state index in [-0.39, 0.29) is 0 Å². The average Bonchev–Trinajstić information content (AvgIpc) is 2.76. The molecule has 0 fully saturated rings. The smallest absolute Gasteiger partial charge is 0.0849 e. The SMILES string of the molecule is CCc1ccc(CC(O)c2ccc(N)cc2Br)s1. The Morgan fingerprint density at radius 3 is 2.61 bits per heavy atom. The molecule has 0 bridgehead atoms. The van der Waals surface area contributed by atoms with Gasteiger partial charge < -0.3 is 10.8 Å². The first-order chi connectivity index (χ1) is 8.60. The normalized spacial score (nSPS) is 12.6. The van der Waals surface area contributed by atoms with Crippen LogP contribution in [0.2, 0.25) is 0 Å². The van der Waals surface area contributed by atoms with Gasteiger partial charge in [-0.05, 0) is 36.2 Å². The minimum atomic E-state index is -0.497. The van der Waals surface area contributed by atoms with Gasteiger partial charge in [0.15, 0.2) is 0 Å². The third kappa shape index (κ3) is 3.13. The lowest BCUT2D eigenvalue weighted by molar-refractivity contribution is 0.178. The van der Waals surface area contributed by atoms with Crippen LogP contribution in [0, 0.1) is 0 Å². The molecular weight excluding hydrogens is 310 g/mol. The van der Waals surface area contributed by atoms with Crippen molar-refractivity contribution in [3.8, 4) is 0 Å². The number of nitrogens with two attached hydrogens (primary N) is 1. The molecule has 0 spiro atoms. The van der Waals surface area contributed by atoms with E-state index in [0.717, 1.165) is 16.5 Å². The summed E-state index contributed by atoms with van der Waals surface area (Å²) in [5.41, 5.74) is 7.27. The number of hydrogen-bond acceptors (Lipinski definition) is 3. The summed E-state index contributed by atoms with van der Waals surface area (Å²) in [6, 6.07) is 9.74. The van der Waals surface area contributed by atoms with E-state index in [9.17, 15) is 5.11 Å². The van der Waals surface area contributed by atoms with E-state index in [0.29, 0.717) is 12.1 Å². The molecule has 0 aliphatic carbocycles. The van der Waals surface area contributed by atoms with E-state index in [1.54, 1.807) is 11.3 Å². The summed E-state index contributed by atoms with van der Waals surface area (Å²) < 4.78 is 0.863. The van der Waals surface area contributed by atoms with Crippen LogP contribution in [0.1, 0.15) is 28.3 Å². The Morgan fingerprint density at radius 1 is 1.28 bits per heavy atom. The van der Waals surface area contributed by atoms with Gasteiger partial charge in [-0.2, -0.15) is 0 Å². The van der Waals surface area contributed by atoms with Gasteiger partial charge >= 0.3 is 0 Å². The monoisotopic (exact) mass is 325 g/mol. The molecule has 0 saturated carbocycles. The van der Waals surface area contributed by atoms with E-state index in [4.69, 9.17) is 5.73 Å². The Kier molecular flexibility index (Phi) is 4.43. The zero-order valence-corrected chi connectivity index (χ0v) is 12.6. The first-order valence-corrected chi connectivity index (χ1v) is 7.51. The Morgan fingerprint density at radius 2 is 2.00 bits per heavy atom. The number of anilines is 1. The van der Waals surface area contributed by atoms with Crippen LogP contribution in [0.4, 0.5) is 5.69 Å². The zero-order chi connectivity index (χ0) is 13.1. The largest absolute Gasteiger partial charge is 0.399 e. The van der Waals surface area contributed by atoms with Gasteiger partial charge in [-0.15, -0.1) is 11.3 Å². The Bertz CT molecular complexity index is 538. The number of rotatable bonds is 4. The van der Waals surface area contributed by atoms with Gasteiger partial charge in [0.1, 0.15) is 0 Å². The van der Waals surface area contributed by atoms with Crippen molar-refractivity contribution in [1.82, 2.24) is 0 Å². The predicted octanol–water partition coefficient (Wildman–Crippen LogP) is 3.93. The fourth-order valence-electron chi connectivity index (χ4n) is 1.84. The minimum absolute atomic E-state index is 0.497. The summed E-state index contributed by atoms with van der Waals surface area (Å²) in [5.74, 6) is 0. The molecule has 0 amide bonds. The van der Waals surface area contributed by atoms with Gasteiger partial charge in [-0.1, -0.05) is 28.9 Å². The summed E-state index contributed by atoms with van der Waals surface area (Å²) in [5, 5.41) is 10.3. The molecule has 2 nitrogen and oxygen atoms in total. The topological polar surface area (TPSA) is 46.2 Å². The molecule has 18 heavy (non-hydrogen) atoms. The van der Waals surface area contributed by atoms with Crippen molar-refractivity contribution in [1.29, 1.82) is 0 Å². The van der Waals surface area contributed by atoms with Crippen molar-refractivity contribution in [3.05, 3.63) is 50.1 Å². The van der Waals surface area contributed by atoms with E-state index in [1.165, 1.54) is 9.75 Å². The van der Waals surface area contributed by atoms with Crippen LogP contribution in [0.15, 0.2) is 34.8 Å². The summed E-state index contributed by atoms with van der Waals surface area (Å²) in [4.78, 5) is 2.57. The predicted molar refractivity (Wildman–Crippen MR) is 80.9 cm³/mol. The van der Waals surface area contributed by atoms with Crippen molar-refractivity contribution in [2.75, 3.05) is 5.73 Å². The Hall–Kier alpha value is -0.840. The van der Waals surface area contributed by atoms with Crippen molar-refractivity contribution in [2.45, 2.75) is 25.9 Å². The highest BCUT2D eigenvalue weighted by Gasteiger charge is 2.13. The standard InChI is InChI=1S/C14H16BrNOS/c1-2-10-4-5-11(18-10)8-14(17)12-6-3-9(16)7-13(12)15/h3-7,14,17H,2,8,16H2,1H3. The maximum atomic E-state index is 10.3. The molecule has 1 aromatic carbocycles. The summed E-state index contributed by atoms with van der Waals surface area (Å²) in [7, 11) is 0. The first-order valence-electron chi connectivity index (χ1n) is 5.90. The number of benzene rings is 1. The van der Waals surface area contributed by atoms with E-state index >= 15 is 0 Å². The van der Waals surface area contributed by atoms with Gasteiger partial charge in [0.25, 0.3) is 0 Å². The third-order valence-electron chi connectivity index (χ3n) is 2.84. The van der Waals surface area contributed by atoms with Crippen LogP contribution in [-0.4, -0.2) is 5.11 Å². The Labute approximate surface area is 120 Å². The molecule has 1 atom stereocenters. The van der Waals surface area contributed by atoms with Crippen molar-refractivity contribution in [3.63, 3.8) is 0 Å². The first kappa shape index (κ1) is 13.6. The lowest BCUT2D eigenvalue weighted by Gasteiger charge is -2.12. The number of thiophene rings is 1. The molecule has 4 heteroatoms. The number of halogens is 1. The van der Waals surface area contributed by atoms with E-state index in [2.05, 4.69) is 35.0 Å². The van der Waals surface area contributed by atoms with Gasteiger partial charge in [0.05, 0.1) is 6.10 Å². The Balaban J connectivity index is 2.13. The second kappa shape index (κ2) is 5.87. The van der Waals surface area contributed by atoms with Crippen LogP contribution in [0.3, 0.4) is 0 Å². The van der Waals surface area contributed by atoms with E-state index < -0.39 is 6.10 Å². The third-order valence-corrected chi connectivity index (χ3v) is 4.78. The summed E-state index contributed by atoms with van der Waals surface area (Å²) in [6.45, 7) is 2.14. The lowest BCUT2D eigenvalue weighted by Crippen LogP contribution is -2.02. The number of aryl methyl sites for hydroxylation is 1. The number of hydrogen-bond donors (Lipinski definition) is 2. The van der Waals surface area contributed by atoms with Crippen LogP contribution in [0.5, 0.6) is 0 Å². The molecule has 3 N–H and O–H groups in total. The highest BCUT2D eigenvalue weighted by atomic mass is 79.9. The molecule has 1 unspecified atom stereocenters. The zero-order valence-electron chi connectivity index (χ0n) is 10.2. The van der Waals surface area contributed by atoms with Crippen molar-refractivity contribution < 1.29 is 5.11 Å². The number of aliphatic hydroxyl groups excluding tert-OH is 1. The number of aliphatic hydroxyl groups is 1. The molecule has 1 heterocycles.